The molecule has 6 heteroatoms. The zero-order valence-electron chi connectivity index (χ0n) is 12.1. The van der Waals surface area contributed by atoms with Crippen LogP contribution in [0.2, 0.25) is 0 Å². The molecule has 0 unspecified atom stereocenters. The first-order valence-electron chi connectivity index (χ1n) is 6.64. The molecule has 0 saturated heterocycles. The van der Waals surface area contributed by atoms with Gasteiger partial charge < -0.3 is 10.4 Å². The van der Waals surface area contributed by atoms with Crippen LogP contribution in [0.4, 0.5) is 0 Å². The largest absolute Gasteiger partial charge is 0.411 e. The molecular formula is C16H14N2O2S2. The summed E-state index contributed by atoms with van der Waals surface area (Å²) in [7, 11) is 0. The smallest absolute Gasteiger partial charge is 0.0837 e. The number of rotatable bonds is 2. The van der Waals surface area contributed by atoms with Crippen LogP contribution in [0.5, 0.6) is 0 Å². The van der Waals surface area contributed by atoms with Crippen molar-refractivity contribution in [3.05, 3.63) is 47.5 Å². The van der Waals surface area contributed by atoms with Gasteiger partial charge in [-0.05, 0) is 38.1 Å². The van der Waals surface area contributed by atoms with Crippen LogP contribution in [0.3, 0.4) is 0 Å². The fraction of sp³-hybridized carbons (Fsp3) is 0.125. The Balaban J connectivity index is 1.98. The van der Waals surface area contributed by atoms with E-state index < -0.39 is 0 Å². The van der Waals surface area contributed by atoms with Crippen LogP contribution in [-0.4, -0.2) is 21.8 Å². The monoisotopic (exact) mass is 330 g/mol. The Labute approximate surface area is 136 Å². The molecule has 1 heterocycles. The lowest BCUT2D eigenvalue weighted by Gasteiger charge is -2.19. The summed E-state index contributed by atoms with van der Waals surface area (Å²) in [6, 6.07) is 12.1. The third kappa shape index (κ3) is 2.71. The number of oxime groups is 2. The lowest BCUT2D eigenvalue weighted by atomic mass is 10.1. The van der Waals surface area contributed by atoms with Gasteiger partial charge in [0.15, 0.2) is 0 Å². The summed E-state index contributed by atoms with van der Waals surface area (Å²) in [6.07, 6.45) is 0. The van der Waals surface area contributed by atoms with Gasteiger partial charge in [0.05, 0.1) is 11.4 Å². The van der Waals surface area contributed by atoms with Gasteiger partial charge in [-0.2, -0.15) is 0 Å². The molecule has 0 aliphatic carbocycles. The average molecular weight is 330 g/mol. The summed E-state index contributed by atoms with van der Waals surface area (Å²) in [6.45, 7) is 3.55. The maximum atomic E-state index is 8.90. The summed E-state index contributed by atoms with van der Waals surface area (Å²) in [4.78, 5) is 4.64. The molecule has 0 saturated carbocycles. The molecule has 0 fully saturated rings. The molecule has 0 spiro atoms. The van der Waals surface area contributed by atoms with Gasteiger partial charge in [-0.1, -0.05) is 46.0 Å². The second kappa shape index (κ2) is 6.06. The van der Waals surface area contributed by atoms with E-state index in [0.29, 0.717) is 11.4 Å². The van der Waals surface area contributed by atoms with E-state index in [9.17, 15) is 0 Å². The fourth-order valence-electron chi connectivity index (χ4n) is 2.15. The molecule has 0 aromatic heterocycles. The first-order valence-corrected chi connectivity index (χ1v) is 8.27. The first kappa shape index (κ1) is 15.0. The van der Waals surface area contributed by atoms with Crippen molar-refractivity contribution < 1.29 is 10.4 Å². The lowest BCUT2D eigenvalue weighted by molar-refractivity contribution is 0.319. The Kier molecular flexibility index (Phi) is 4.13. The molecule has 2 aromatic rings. The van der Waals surface area contributed by atoms with Crippen LogP contribution in [0.1, 0.15) is 25.0 Å². The van der Waals surface area contributed by atoms with E-state index in [0.717, 1.165) is 20.9 Å². The highest BCUT2D eigenvalue weighted by molar-refractivity contribution is 8.05. The SMILES string of the molecule is CC(=NO)c1ccc2c(c1)Sc1ccc(C(C)=NO)cc1S2. The first-order chi connectivity index (χ1) is 10.6. The number of benzene rings is 2. The number of nitrogens with zero attached hydrogens (tertiary/aromatic N) is 2. The predicted octanol–water partition coefficient (Wildman–Crippen LogP) is 4.70. The van der Waals surface area contributed by atoms with E-state index in [1.807, 2.05) is 36.4 Å². The summed E-state index contributed by atoms with van der Waals surface area (Å²) >= 11 is 3.39. The normalized spacial score (nSPS) is 14.5. The van der Waals surface area contributed by atoms with Crippen molar-refractivity contribution in [2.75, 3.05) is 0 Å². The molecule has 1 aliphatic heterocycles. The van der Waals surface area contributed by atoms with Crippen molar-refractivity contribution in [1.82, 2.24) is 0 Å². The van der Waals surface area contributed by atoms with E-state index in [1.165, 1.54) is 9.79 Å². The highest BCUT2D eigenvalue weighted by Crippen LogP contribution is 2.48. The van der Waals surface area contributed by atoms with Crippen molar-refractivity contribution in [3.63, 3.8) is 0 Å². The Hall–Kier alpha value is -1.92. The topological polar surface area (TPSA) is 65.2 Å². The molecule has 0 radical (unpaired) electrons. The van der Waals surface area contributed by atoms with Gasteiger partial charge in [0.25, 0.3) is 0 Å². The molecular weight excluding hydrogens is 316 g/mol. The predicted molar refractivity (Wildman–Crippen MR) is 89.1 cm³/mol. The highest BCUT2D eigenvalue weighted by Gasteiger charge is 2.18. The van der Waals surface area contributed by atoms with E-state index in [2.05, 4.69) is 10.3 Å². The Bertz CT molecular complexity index is 733. The molecule has 0 atom stereocenters. The standard InChI is InChI=1S/C16H14N2O2S2/c1-9(17-19)11-3-5-13-15(7-11)21-14-6-4-12(10(2)18-20)8-16(14)22-13/h3-8,19-20H,1-2H3. The Morgan fingerprint density at radius 3 is 1.50 bits per heavy atom. The van der Waals surface area contributed by atoms with Gasteiger partial charge in [-0.3, -0.25) is 0 Å². The second-order valence-corrected chi connectivity index (χ2v) is 7.07. The molecule has 2 N–H and O–H groups in total. The Morgan fingerprint density at radius 1 is 0.727 bits per heavy atom. The summed E-state index contributed by atoms with van der Waals surface area (Å²) < 4.78 is 0. The van der Waals surface area contributed by atoms with E-state index in [4.69, 9.17) is 10.4 Å². The number of hydrogen-bond donors (Lipinski definition) is 2. The van der Waals surface area contributed by atoms with Gasteiger partial charge >= 0.3 is 0 Å². The quantitative estimate of drug-likeness (QED) is 0.406. The van der Waals surface area contributed by atoms with E-state index >= 15 is 0 Å². The third-order valence-electron chi connectivity index (χ3n) is 3.46. The van der Waals surface area contributed by atoms with Crippen molar-refractivity contribution in [2.45, 2.75) is 33.4 Å². The van der Waals surface area contributed by atoms with Crippen LogP contribution in [0.25, 0.3) is 0 Å². The third-order valence-corrected chi connectivity index (χ3v) is 5.99. The number of hydrogen-bond acceptors (Lipinski definition) is 6. The highest BCUT2D eigenvalue weighted by atomic mass is 32.2. The fourth-order valence-corrected chi connectivity index (χ4v) is 4.42. The minimum absolute atomic E-state index is 0.601. The maximum absolute atomic E-state index is 8.90. The van der Waals surface area contributed by atoms with Crippen molar-refractivity contribution >= 4 is 34.9 Å². The Morgan fingerprint density at radius 2 is 1.14 bits per heavy atom. The molecule has 3 rings (SSSR count). The van der Waals surface area contributed by atoms with Crippen LogP contribution in [-0.2, 0) is 0 Å². The van der Waals surface area contributed by atoms with Gasteiger partial charge in [0.2, 0.25) is 0 Å². The van der Waals surface area contributed by atoms with Crippen LogP contribution in [0.15, 0.2) is 66.3 Å². The molecule has 2 aromatic carbocycles. The average Bonchev–Trinajstić information content (AvgIpc) is 2.57. The lowest BCUT2D eigenvalue weighted by Crippen LogP contribution is -1.99. The van der Waals surface area contributed by atoms with Gasteiger partial charge in [0, 0.05) is 30.7 Å². The molecule has 0 amide bonds. The number of fused-ring (bicyclic) bond motifs is 2. The summed E-state index contributed by atoms with van der Waals surface area (Å²) in [5.41, 5.74) is 3.03. The van der Waals surface area contributed by atoms with Crippen molar-refractivity contribution in [3.8, 4) is 0 Å². The van der Waals surface area contributed by atoms with Crippen LogP contribution in [0, 0.1) is 0 Å². The zero-order chi connectivity index (χ0) is 15.7. The minimum atomic E-state index is 0.601. The van der Waals surface area contributed by atoms with E-state index in [-0.39, 0.29) is 0 Å². The summed E-state index contributed by atoms with van der Waals surface area (Å²) in [5, 5.41) is 24.3. The molecule has 112 valence electrons. The van der Waals surface area contributed by atoms with Crippen molar-refractivity contribution in [2.24, 2.45) is 10.3 Å². The van der Waals surface area contributed by atoms with Crippen LogP contribution >= 0.6 is 23.5 Å². The van der Waals surface area contributed by atoms with Gasteiger partial charge in [-0.15, -0.1) is 0 Å². The zero-order valence-corrected chi connectivity index (χ0v) is 13.7. The molecule has 0 bridgehead atoms. The second-order valence-electron chi connectivity index (χ2n) is 4.90. The molecule has 22 heavy (non-hydrogen) atoms. The summed E-state index contributed by atoms with van der Waals surface area (Å²) in [5.74, 6) is 0. The van der Waals surface area contributed by atoms with Gasteiger partial charge in [0.1, 0.15) is 0 Å². The molecule has 4 nitrogen and oxygen atoms in total. The minimum Gasteiger partial charge on any atom is -0.411 e. The van der Waals surface area contributed by atoms with Gasteiger partial charge in [-0.25, -0.2) is 0 Å². The maximum Gasteiger partial charge on any atom is 0.0837 e. The van der Waals surface area contributed by atoms with Crippen LogP contribution < -0.4 is 0 Å². The van der Waals surface area contributed by atoms with Crippen molar-refractivity contribution in [1.29, 1.82) is 0 Å². The molecule has 1 aliphatic rings. The van der Waals surface area contributed by atoms with E-state index in [1.54, 1.807) is 37.4 Å².